The van der Waals surface area contributed by atoms with Gasteiger partial charge in [-0.15, -0.1) is 0 Å². The molecule has 1 N–H and O–H groups in total. The molecule has 2 saturated heterocycles. The Labute approximate surface area is 176 Å². The first-order valence-electron chi connectivity index (χ1n) is 10.8. The molecule has 0 spiro atoms. The van der Waals surface area contributed by atoms with Crippen LogP contribution in [0.1, 0.15) is 48.1 Å². The van der Waals surface area contributed by atoms with E-state index in [-0.39, 0.29) is 6.61 Å². The Morgan fingerprint density at radius 2 is 1.70 bits per heavy atom. The number of fused-ring (bicyclic) bond motifs is 4. The molecule has 0 aliphatic carbocycles. The lowest BCUT2D eigenvalue weighted by Gasteiger charge is -2.37. The van der Waals surface area contributed by atoms with E-state index in [0.717, 1.165) is 47.8 Å². The zero-order valence-corrected chi connectivity index (χ0v) is 16.9. The second-order valence-corrected chi connectivity index (χ2v) is 8.57. The predicted octanol–water partition coefficient (Wildman–Crippen LogP) is 5.51. The highest BCUT2D eigenvalue weighted by molar-refractivity contribution is 5.90. The lowest BCUT2D eigenvalue weighted by atomic mass is 9.83. The maximum Gasteiger partial charge on any atom is 0.140 e. The monoisotopic (exact) mass is 399 g/mol. The third kappa shape index (κ3) is 2.83. The molecule has 2 unspecified atom stereocenters. The Morgan fingerprint density at radius 1 is 0.900 bits per heavy atom. The molecular weight excluding hydrogens is 374 g/mol. The van der Waals surface area contributed by atoms with Crippen molar-refractivity contribution in [1.29, 1.82) is 0 Å². The molecule has 4 nitrogen and oxygen atoms in total. The molecule has 3 aromatic rings. The van der Waals surface area contributed by atoms with E-state index in [4.69, 9.17) is 9.15 Å². The molecule has 3 aliphatic heterocycles. The number of benzene rings is 2. The molecule has 2 fully saturated rings. The van der Waals surface area contributed by atoms with Crippen LogP contribution in [0.4, 0.5) is 0 Å². The van der Waals surface area contributed by atoms with Crippen LogP contribution in [0.15, 0.2) is 70.9 Å². The van der Waals surface area contributed by atoms with Gasteiger partial charge in [0.2, 0.25) is 0 Å². The highest BCUT2D eigenvalue weighted by atomic mass is 16.5. The van der Waals surface area contributed by atoms with Gasteiger partial charge in [0.25, 0.3) is 0 Å². The third-order valence-electron chi connectivity index (χ3n) is 6.91. The molecule has 0 saturated carbocycles. The second-order valence-electron chi connectivity index (χ2n) is 8.57. The SMILES string of the molecule is OCc1cccc2c1Oc1ccccc1C2=C1CC2CCC(C1)N2Cc1ccco1. The fourth-order valence-electron chi connectivity index (χ4n) is 5.58. The predicted molar refractivity (Wildman–Crippen MR) is 115 cm³/mol. The maximum atomic E-state index is 9.88. The number of nitrogens with zero attached hydrogens (tertiary/aromatic N) is 1. The Kier molecular flexibility index (Phi) is 4.29. The largest absolute Gasteiger partial charge is 0.468 e. The van der Waals surface area contributed by atoms with Gasteiger partial charge in [0.1, 0.15) is 17.3 Å². The number of aliphatic hydroxyl groups excluding tert-OH is 1. The van der Waals surface area contributed by atoms with Gasteiger partial charge in [0.15, 0.2) is 0 Å². The van der Waals surface area contributed by atoms with Crippen LogP contribution < -0.4 is 4.74 Å². The van der Waals surface area contributed by atoms with Gasteiger partial charge >= 0.3 is 0 Å². The molecule has 0 radical (unpaired) electrons. The zero-order valence-electron chi connectivity index (χ0n) is 16.9. The summed E-state index contributed by atoms with van der Waals surface area (Å²) in [6, 6.07) is 19.6. The molecule has 3 aliphatic rings. The normalized spacial score (nSPS) is 22.6. The van der Waals surface area contributed by atoms with Crippen molar-refractivity contribution < 1.29 is 14.3 Å². The summed E-state index contributed by atoms with van der Waals surface area (Å²) in [5.41, 5.74) is 5.98. The van der Waals surface area contributed by atoms with E-state index in [2.05, 4.69) is 29.2 Å². The lowest BCUT2D eigenvalue weighted by Crippen LogP contribution is -2.40. The maximum absolute atomic E-state index is 9.88. The lowest BCUT2D eigenvalue weighted by molar-refractivity contribution is 0.146. The summed E-state index contributed by atoms with van der Waals surface area (Å²) >= 11 is 0. The fraction of sp³-hybridized carbons (Fsp3) is 0.308. The van der Waals surface area contributed by atoms with Gasteiger partial charge in [0.05, 0.1) is 19.4 Å². The number of ether oxygens (including phenoxy) is 1. The molecular formula is C26H25NO3. The van der Waals surface area contributed by atoms with Crippen molar-refractivity contribution in [3.8, 4) is 11.5 Å². The molecule has 2 bridgehead atoms. The summed E-state index contributed by atoms with van der Waals surface area (Å²) in [4.78, 5) is 2.64. The van der Waals surface area contributed by atoms with Crippen molar-refractivity contribution in [3.05, 3.63) is 88.9 Å². The number of hydrogen-bond acceptors (Lipinski definition) is 4. The Bertz CT molecular complexity index is 1100. The van der Waals surface area contributed by atoms with Gasteiger partial charge in [-0.05, 0) is 49.5 Å². The minimum Gasteiger partial charge on any atom is -0.468 e. The zero-order chi connectivity index (χ0) is 20.1. The number of hydrogen-bond donors (Lipinski definition) is 1. The number of piperidine rings is 1. The molecule has 6 rings (SSSR count). The van der Waals surface area contributed by atoms with Crippen molar-refractivity contribution in [2.45, 2.75) is 50.9 Å². The standard InChI is InChI=1S/C26H25NO3/c28-16-17-5-3-8-23-25(22-7-1-2-9-24(22)30-26(17)23)18-13-19-10-11-20(14-18)27(19)15-21-6-4-12-29-21/h1-9,12,19-20,28H,10-11,13-16H2. The molecule has 152 valence electrons. The van der Waals surface area contributed by atoms with Gasteiger partial charge in [-0.2, -0.15) is 0 Å². The second kappa shape index (κ2) is 7.15. The fourth-order valence-corrected chi connectivity index (χ4v) is 5.58. The van der Waals surface area contributed by atoms with E-state index in [0.29, 0.717) is 12.1 Å². The van der Waals surface area contributed by atoms with Crippen molar-refractivity contribution in [2.75, 3.05) is 0 Å². The molecule has 30 heavy (non-hydrogen) atoms. The highest BCUT2D eigenvalue weighted by Gasteiger charge is 2.40. The van der Waals surface area contributed by atoms with Gasteiger partial charge in [-0.3, -0.25) is 4.90 Å². The first kappa shape index (κ1) is 18.0. The number of furan rings is 1. The van der Waals surface area contributed by atoms with Crippen LogP contribution in [0.25, 0.3) is 5.57 Å². The smallest absolute Gasteiger partial charge is 0.140 e. The van der Waals surface area contributed by atoms with E-state index in [9.17, 15) is 5.11 Å². The van der Waals surface area contributed by atoms with Crippen molar-refractivity contribution in [1.82, 2.24) is 4.90 Å². The van der Waals surface area contributed by atoms with E-state index < -0.39 is 0 Å². The van der Waals surface area contributed by atoms with E-state index in [1.165, 1.54) is 29.6 Å². The molecule has 4 heteroatoms. The van der Waals surface area contributed by atoms with Crippen molar-refractivity contribution in [3.63, 3.8) is 0 Å². The topological polar surface area (TPSA) is 45.8 Å². The van der Waals surface area contributed by atoms with Gasteiger partial charge in [-0.1, -0.05) is 42.0 Å². The van der Waals surface area contributed by atoms with Crippen molar-refractivity contribution in [2.24, 2.45) is 0 Å². The summed E-state index contributed by atoms with van der Waals surface area (Å²) in [5, 5.41) is 9.88. The molecule has 4 heterocycles. The van der Waals surface area contributed by atoms with Crippen LogP contribution in [0.5, 0.6) is 11.5 Å². The van der Waals surface area contributed by atoms with Gasteiger partial charge in [-0.25, -0.2) is 0 Å². The van der Waals surface area contributed by atoms with E-state index >= 15 is 0 Å². The number of rotatable bonds is 3. The first-order chi connectivity index (χ1) is 14.8. The summed E-state index contributed by atoms with van der Waals surface area (Å²) in [6.07, 6.45) is 6.39. The molecule has 2 aromatic carbocycles. The van der Waals surface area contributed by atoms with Crippen LogP contribution in [0.2, 0.25) is 0 Å². The quantitative estimate of drug-likeness (QED) is 0.494. The molecule has 0 amide bonds. The van der Waals surface area contributed by atoms with Gasteiger partial charge < -0.3 is 14.3 Å². The minimum atomic E-state index is -0.0177. The minimum absolute atomic E-state index is 0.0177. The van der Waals surface area contributed by atoms with Crippen molar-refractivity contribution >= 4 is 5.57 Å². The van der Waals surface area contributed by atoms with Crippen LogP contribution >= 0.6 is 0 Å². The average molecular weight is 399 g/mol. The average Bonchev–Trinajstić information content (AvgIpc) is 3.37. The molecule has 2 atom stereocenters. The number of aliphatic hydroxyl groups is 1. The highest BCUT2D eigenvalue weighted by Crippen LogP contribution is 2.50. The third-order valence-corrected chi connectivity index (χ3v) is 6.91. The summed E-state index contributed by atoms with van der Waals surface area (Å²) in [6.45, 7) is 0.881. The van der Waals surface area contributed by atoms with Crippen LogP contribution in [0, 0.1) is 0 Å². The van der Waals surface area contributed by atoms with Crippen LogP contribution in [-0.2, 0) is 13.2 Å². The first-order valence-corrected chi connectivity index (χ1v) is 10.8. The van der Waals surface area contributed by atoms with Crippen LogP contribution in [0.3, 0.4) is 0 Å². The van der Waals surface area contributed by atoms with Gasteiger partial charge in [0, 0.05) is 28.8 Å². The Hall–Kier alpha value is -2.82. The summed E-state index contributed by atoms with van der Waals surface area (Å²) in [5.74, 6) is 2.75. The van der Waals surface area contributed by atoms with E-state index in [1.54, 1.807) is 6.26 Å². The number of para-hydroxylation sites is 2. The Morgan fingerprint density at radius 3 is 2.47 bits per heavy atom. The summed E-state index contributed by atoms with van der Waals surface area (Å²) < 4.78 is 11.9. The van der Waals surface area contributed by atoms with E-state index in [1.807, 2.05) is 30.3 Å². The molecule has 1 aromatic heterocycles. The van der Waals surface area contributed by atoms with Crippen LogP contribution in [-0.4, -0.2) is 22.1 Å². The summed E-state index contributed by atoms with van der Waals surface area (Å²) in [7, 11) is 0. The Balaban J connectivity index is 1.44.